The summed E-state index contributed by atoms with van der Waals surface area (Å²) < 4.78 is 12.0. The van der Waals surface area contributed by atoms with E-state index in [2.05, 4.69) is 37.3 Å². The van der Waals surface area contributed by atoms with Crippen LogP contribution in [-0.2, 0) is 15.2 Å². The lowest BCUT2D eigenvalue weighted by Gasteiger charge is -2.17. The summed E-state index contributed by atoms with van der Waals surface area (Å²) in [6.45, 7) is 6.27. The smallest absolute Gasteiger partial charge is 0.0607 e. The molecule has 0 aromatic heterocycles. The van der Waals surface area contributed by atoms with Crippen LogP contribution in [0, 0.1) is 0 Å². The van der Waals surface area contributed by atoms with Gasteiger partial charge >= 0.3 is 0 Å². The van der Waals surface area contributed by atoms with Gasteiger partial charge in [-0.3, -0.25) is 0 Å². The van der Waals surface area contributed by atoms with Gasteiger partial charge in [-0.25, -0.2) is 0 Å². The molecule has 0 aliphatic heterocycles. The van der Waals surface area contributed by atoms with Gasteiger partial charge in [-0.05, 0) is 31.4 Å². The average Bonchev–Trinajstić information content (AvgIpc) is 2.87. The van der Waals surface area contributed by atoms with E-state index in [1.54, 1.807) is 0 Å². The molecule has 2 N–H and O–H groups in total. The lowest BCUT2D eigenvalue weighted by atomic mass is 10.0. The van der Waals surface area contributed by atoms with Gasteiger partial charge in [-0.2, -0.15) is 0 Å². The SMILES string of the molecule is CCCCCCCCCCCCCCCCOCC(COCCCCN)SCc1ccccc1. The minimum Gasteiger partial charge on any atom is -0.380 e. The summed E-state index contributed by atoms with van der Waals surface area (Å²) >= 11 is 1.95. The molecule has 1 rings (SSSR count). The zero-order valence-corrected chi connectivity index (χ0v) is 23.1. The highest BCUT2D eigenvalue weighted by Crippen LogP contribution is 2.19. The zero-order chi connectivity index (χ0) is 24.4. The first-order valence-corrected chi connectivity index (χ1v) is 15.4. The van der Waals surface area contributed by atoms with Crippen molar-refractivity contribution in [2.75, 3.05) is 33.0 Å². The number of hydrogen-bond acceptors (Lipinski definition) is 4. The zero-order valence-electron chi connectivity index (χ0n) is 22.3. The highest BCUT2D eigenvalue weighted by atomic mass is 32.2. The molecule has 0 radical (unpaired) electrons. The highest BCUT2D eigenvalue weighted by Gasteiger charge is 2.11. The van der Waals surface area contributed by atoms with Crippen molar-refractivity contribution in [2.24, 2.45) is 5.73 Å². The van der Waals surface area contributed by atoms with Crippen LogP contribution in [0.2, 0.25) is 0 Å². The summed E-state index contributed by atoms with van der Waals surface area (Å²) in [6.07, 6.45) is 21.6. The van der Waals surface area contributed by atoms with E-state index >= 15 is 0 Å². The fourth-order valence-corrected chi connectivity index (χ4v) is 5.11. The maximum absolute atomic E-state index is 6.05. The lowest BCUT2D eigenvalue weighted by Crippen LogP contribution is -2.20. The van der Waals surface area contributed by atoms with Gasteiger partial charge in [0.05, 0.1) is 18.5 Å². The van der Waals surface area contributed by atoms with Crippen LogP contribution in [0.25, 0.3) is 0 Å². The first kappa shape index (κ1) is 31.5. The van der Waals surface area contributed by atoms with E-state index in [0.29, 0.717) is 5.25 Å². The molecule has 1 unspecified atom stereocenters. The third-order valence-electron chi connectivity index (χ3n) is 6.32. The van der Waals surface area contributed by atoms with Crippen molar-refractivity contribution in [1.82, 2.24) is 0 Å². The summed E-state index contributed by atoms with van der Waals surface area (Å²) in [4.78, 5) is 0. The minimum atomic E-state index is 0.393. The molecule has 0 bridgehead atoms. The van der Waals surface area contributed by atoms with Crippen LogP contribution < -0.4 is 5.73 Å². The molecule has 0 aliphatic carbocycles. The molecule has 3 nitrogen and oxygen atoms in total. The molecule has 0 fully saturated rings. The Morgan fingerprint density at radius 3 is 1.62 bits per heavy atom. The monoisotopic (exact) mass is 493 g/mol. The largest absolute Gasteiger partial charge is 0.380 e. The number of nitrogens with two attached hydrogens (primary N) is 1. The van der Waals surface area contributed by atoms with Crippen molar-refractivity contribution in [3.8, 4) is 0 Å². The molecular formula is C30H55NO2S. The summed E-state index contributed by atoms with van der Waals surface area (Å²) in [5, 5.41) is 0.393. The Hall–Kier alpha value is -0.550. The van der Waals surface area contributed by atoms with Crippen molar-refractivity contribution in [1.29, 1.82) is 0 Å². The van der Waals surface area contributed by atoms with E-state index in [4.69, 9.17) is 15.2 Å². The van der Waals surface area contributed by atoms with E-state index in [0.717, 1.165) is 51.6 Å². The molecule has 1 aromatic rings. The van der Waals surface area contributed by atoms with Gasteiger partial charge in [0.2, 0.25) is 0 Å². The molecule has 1 aromatic carbocycles. The first-order valence-electron chi connectivity index (χ1n) is 14.4. The summed E-state index contributed by atoms with van der Waals surface area (Å²) in [6, 6.07) is 10.7. The molecule has 198 valence electrons. The lowest BCUT2D eigenvalue weighted by molar-refractivity contribution is 0.0846. The molecule has 1 atom stereocenters. The number of unbranched alkanes of at least 4 members (excludes halogenated alkanes) is 14. The summed E-state index contributed by atoms with van der Waals surface area (Å²) in [5.41, 5.74) is 6.95. The van der Waals surface area contributed by atoms with Crippen LogP contribution in [0.4, 0.5) is 0 Å². The topological polar surface area (TPSA) is 44.5 Å². The summed E-state index contributed by atoms with van der Waals surface area (Å²) in [7, 11) is 0. The van der Waals surface area contributed by atoms with Gasteiger partial charge < -0.3 is 15.2 Å². The van der Waals surface area contributed by atoms with Crippen LogP contribution >= 0.6 is 11.8 Å². The second-order valence-corrected chi connectivity index (χ2v) is 10.9. The fourth-order valence-electron chi connectivity index (χ4n) is 4.11. The van der Waals surface area contributed by atoms with Crippen LogP contribution in [0.3, 0.4) is 0 Å². The summed E-state index contributed by atoms with van der Waals surface area (Å²) in [5.74, 6) is 1.01. The van der Waals surface area contributed by atoms with E-state index in [1.165, 1.54) is 95.5 Å². The van der Waals surface area contributed by atoms with Gasteiger partial charge in [0.25, 0.3) is 0 Å². The van der Waals surface area contributed by atoms with E-state index in [1.807, 2.05) is 11.8 Å². The van der Waals surface area contributed by atoms with Crippen LogP contribution in [-0.4, -0.2) is 38.2 Å². The van der Waals surface area contributed by atoms with Gasteiger partial charge in [-0.15, -0.1) is 11.8 Å². The fraction of sp³-hybridized carbons (Fsp3) is 0.800. The third-order valence-corrected chi connectivity index (χ3v) is 7.56. The molecule has 0 heterocycles. The molecule has 0 aliphatic rings. The van der Waals surface area contributed by atoms with E-state index < -0.39 is 0 Å². The van der Waals surface area contributed by atoms with Crippen LogP contribution in [0.5, 0.6) is 0 Å². The van der Waals surface area contributed by atoms with Crippen molar-refractivity contribution in [3.05, 3.63) is 35.9 Å². The quantitative estimate of drug-likeness (QED) is 0.131. The predicted molar refractivity (Wildman–Crippen MR) is 152 cm³/mol. The van der Waals surface area contributed by atoms with Crippen LogP contribution in [0.15, 0.2) is 30.3 Å². The average molecular weight is 494 g/mol. The standard InChI is InChI=1S/C30H55NO2S/c1-2-3-4-5-6-7-8-9-10-11-12-13-14-19-24-32-26-30(27-33-25-20-18-23-31)34-28-29-21-16-15-17-22-29/h15-17,21-22,30H,2-14,18-20,23-28,31H2,1H3. The Balaban J connectivity index is 1.98. The molecule has 0 saturated heterocycles. The number of benzene rings is 1. The molecule has 0 saturated carbocycles. The second-order valence-electron chi connectivity index (χ2n) is 9.66. The maximum Gasteiger partial charge on any atom is 0.0607 e. The van der Waals surface area contributed by atoms with E-state index in [9.17, 15) is 0 Å². The van der Waals surface area contributed by atoms with Gasteiger partial charge in [0.15, 0.2) is 0 Å². The molecule has 0 amide bonds. The molecule has 0 spiro atoms. The predicted octanol–water partition coefficient (Wildman–Crippen LogP) is 8.54. The Bertz CT molecular complexity index is 514. The number of thioether (sulfide) groups is 1. The Morgan fingerprint density at radius 1 is 0.647 bits per heavy atom. The van der Waals surface area contributed by atoms with Crippen molar-refractivity contribution in [3.63, 3.8) is 0 Å². The molecule has 4 heteroatoms. The molecule has 34 heavy (non-hydrogen) atoms. The maximum atomic E-state index is 6.05. The van der Waals surface area contributed by atoms with Gasteiger partial charge in [0, 0.05) is 19.0 Å². The number of hydrogen-bond donors (Lipinski definition) is 1. The molecular weight excluding hydrogens is 438 g/mol. The Kier molecular flexibility index (Phi) is 23.6. The Morgan fingerprint density at radius 2 is 1.12 bits per heavy atom. The number of ether oxygens (including phenoxy) is 2. The minimum absolute atomic E-state index is 0.393. The van der Waals surface area contributed by atoms with Crippen LogP contribution in [0.1, 0.15) is 115 Å². The van der Waals surface area contributed by atoms with Crippen molar-refractivity contribution < 1.29 is 9.47 Å². The van der Waals surface area contributed by atoms with Gasteiger partial charge in [0.1, 0.15) is 0 Å². The first-order chi connectivity index (χ1) is 16.9. The van der Waals surface area contributed by atoms with Crippen molar-refractivity contribution >= 4 is 11.8 Å². The normalized spacial score (nSPS) is 12.3. The highest BCUT2D eigenvalue weighted by molar-refractivity contribution is 7.99. The Labute approximate surface area is 216 Å². The second kappa shape index (κ2) is 25.5. The third kappa shape index (κ3) is 20.8. The number of rotatable bonds is 26. The van der Waals surface area contributed by atoms with E-state index in [-0.39, 0.29) is 0 Å². The van der Waals surface area contributed by atoms with Crippen molar-refractivity contribution in [2.45, 2.75) is 121 Å². The van der Waals surface area contributed by atoms with Gasteiger partial charge in [-0.1, -0.05) is 121 Å².